The van der Waals surface area contributed by atoms with Gasteiger partial charge in [0.2, 0.25) is 0 Å². The smallest absolute Gasteiger partial charge is 0.435 e. The summed E-state index contributed by atoms with van der Waals surface area (Å²) < 4.78 is 19.2. The standard InChI is InChI=1S/C32H39ClN6O4Si/c1-31(2,3)43-30(40)39-27-22(18-37-39)24(12-11-23(27)33)38-26-21-13-14-34-19-25(21)42-28(26)29-35-16-20(17-36-29)10-9-15-41-44(7,8)32(4,5)6/h11-14,16-19,38H,9-10,15H2,1-8H3. The topological polar surface area (TPSA) is 117 Å². The van der Waals surface area contributed by atoms with E-state index in [0.717, 1.165) is 23.8 Å². The lowest BCUT2D eigenvalue weighted by Crippen LogP contribution is -2.41. The van der Waals surface area contributed by atoms with Crippen LogP contribution < -0.4 is 5.32 Å². The third-order valence-electron chi connectivity index (χ3n) is 7.79. The van der Waals surface area contributed by atoms with Gasteiger partial charge in [-0.25, -0.2) is 14.8 Å². The van der Waals surface area contributed by atoms with Crippen LogP contribution in [-0.2, 0) is 15.6 Å². The van der Waals surface area contributed by atoms with Gasteiger partial charge < -0.3 is 18.9 Å². The molecule has 10 nitrogen and oxygen atoms in total. The number of hydrogen-bond acceptors (Lipinski definition) is 9. The molecule has 4 aromatic heterocycles. The highest BCUT2D eigenvalue weighted by molar-refractivity contribution is 6.74. The Balaban J connectivity index is 1.41. The zero-order chi connectivity index (χ0) is 31.9. The number of carbonyl (C=O) groups is 1. The van der Waals surface area contributed by atoms with Gasteiger partial charge in [0.1, 0.15) is 11.1 Å². The first-order valence-electron chi connectivity index (χ1n) is 14.6. The van der Waals surface area contributed by atoms with Crippen LogP contribution in [0.5, 0.6) is 0 Å². The molecular formula is C32H39ClN6O4Si. The number of rotatable bonds is 8. The van der Waals surface area contributed by atoms with Crippen LogP contribution in [0.1, 0.15) is 53.5 Å². The van der Waals surface area contributed by atoms with Crippen molar-refractivity contribution >= 4 is 59.3 Å². The molecule has 0 amide bonds. The lowest BCUT2D eigenvalue weighted by molar-refractivity contribution is 0.0522. The summed E-state index contributed by atoms with van der Waals surface area (Å²) in [5.41, 5.74) is 2.67. The Hall–Kier alpha value is -3.80. The third kappa shape index (κ3) is 6.64. The number of furan rings is 1. The molecule has 12 heteroatoms. The lowest BCUT2D eigenvalue weighted by atomic mass is 10.1. The highest BCUT2D eigenvalue weighted by Gasteiger charge is 2.36. The van der Waals surface area contributed by atoms with Crippen molar-refractivity contribution in [2.75, 3.05) is 11.9 Å². The molecule has 0 saturated heterocycles. The molecule has 0 fully saturated rings. The summed E-state index contributed by atoms with van der Waals surface area (Å²) in [6.45, 7) is 17.4. The van der Waals surface area contributed by atoms with Crippen LogP contribution in [0, 0.1) is 0 Å². The van der Waals surface area contributed by atoms with E-state index in [-0.39, 0.29) is 5.04 Å². The molecule has 1 aromatic carbocycles. The normalized spacial score (nSPS) is 12.7. The minimum atomic E-state index is -1.78. The molecule has 44 heavy (non-hydrogen) atoms. The van der Waals surface area contributed by atoms with Gasteiger partial charge >= 0.3 is 6.09 Å². The van der Waals surface area contributed by atoms with Gasteiger partial charge in [0.15, 0.2) is 25.5 Å². The second kappa shape index (κ2) is 11.9. The molecule has 0 aliphatic heterocycles. The van der Waals surface area contributed by atoms with E-state index in [1.165, 1.54) is 4.68 Å². The quantitative estimate of drug-likeness (QED) is 0.132. The minimum absolute atomic E-state index is 0.183. The number of aryl methyl sites for hydroxylation is 1. The zero-order valence-electron chi connectivity index (χ0n) is 26.5. The molecule has 0 saturated carbocycles. The number of aromatic nitrogens is 5. The first-order valence-corrected chi connectivity index (χ1v) is 17.9. The Morgan fingerprint density at radius 2 is 1.75 bits per heavy atom. The number of nitrogens with zero attached hydrogens (tertiary/aromatic N) is 5. The van der Waals surface area contributed by atoms with E-state index in [9.17, 15) is 4.79 Å². The maximum absolute atomic E-state index is 12.9. The number of benzene rings is 1. The van der Waals surface area contributed by atoms with Crippen molar-refractivity contribution in [2.24, 2.45) is 0 Å². The summed E-state index contributed by atoms with van der Waals surface area (Å²) in [5.74, 6) is 0.892. The molecule has 0 spiro atoms. The molecule has 1 N–H and O–H groups in total. The summed E-state index contributed by atoms with van der Waals surface area (Å²) in [5, 5.41) is 9.74. The second-order valence-electron chi connectivity index (χ2n) is 13.3. The molecule has 5 aromatic rings. The number of ether oxygens (including phenoxy) is 1. The fraction of sp³-hybridized carbons (Fsp3) is 0.406. The van der Waals surface area contributed by atoms with Gasteiger partial charge in [0.25, 0.3) is 0 Å². The Morgan fingerprint density at radius 3 is 2.43 bits per heavy atom. The van der Waals surface area contributed by atoms with Crippen LogP contribution in [0.4, 0.5) is 16.2 Å². The average molecular weight is 635 g/mol. The van der Waals surface area contributed by atoms with Crippen LogP contribution in [-0.4, -0.2) is 51.4 Å². The van der Waals surface area contributed by atoms with Crippen LogP contribution in [0.25, 0.3) is 33.5 Å². The van der Waals surface area contributed by atoms with Gasteiger partial charge in [-0.3, -0.25) is 4.98 Å². The van der Waals surface area contributed by atoms with E-state index in [4.69, 9.17) is 25.2 Å². The molecule has 0 bridgehead atoms. The molecule has 5 rings (SSSR count). The fourth-order valence-corrected chi connectivity index (χ4v) is 5.77. The lowest BCUT2D eigenvalue weighted by Gasteiger charge is -2.36. The summed E-state index contributed by atoms with van der Waals surface area (Å²) in [7, 11) is -1.78. The van der Waals surface area contributed by atoms with Gasteiger partial charge in [0.05, 0.1) is 23.1 Å². The van der Waals surface area contributed by atoms with Crippen LogP contribution in [0.2, 0.25) is 23.2 Å². The molecular weight excluding hydrogens is 596 g/mol. The van der Waals surface area contributed by atoms with Crippen LogP contribution in [0.3, 0.4) is 0 Å². The Bertz CT molecular complexity index is 1800. The van der Waals surface area contributed by atoms with Crippen molar-refractivity contribution in [2.45, 2.75) is 78.1 Å². The predicted molar refractivity (Wildman–Crippen MR) is 176 cm³/mol. The summed E-state index contributed by atoms with van der Waals surface area (Å²) in [6, 6.07) is 5.39. The number of nitrogens with one attached hydrogen (secondary N) is 1. The average Bonchev–Trinajstić information content (AvgIpc) is 3.55. The number of pyridine rings is 1. The second-order valence-corrected chi connectivity index (χ2v) is 18.5. The maximum atomic E-state index is 12.9. The molecule has 0 aliphatic carbocycles. The number of anilines is 2. The SMILES string of the molecule is CC(C)(C)OC(=O)n1ncc2c(Nc3c(-c4ncc(CCCO[Si](C)(C)C(C)(C)C)cn4)oc4cnccc34)ccc(Cl)c21. The Labute approximate surface area is 263 Å². The van der Waals surface area contributed by atoms with E-state index in [1.807, 2.05) is 24.5 Å². The molecule has 0 atom stereocenters. The van der Waals surface area contributed by atoms with Crippen molar-refractivity contribution in [1.29, 1.82) is 0 Å². The first-order chi connectivity index (χ1) is 20.6. The monoisotopic (exact) mass is 634 g/mol. The summed E-state index contributed by atoms with van der Waals surface area (Å²) in [4.78, 5) is 26.4. The Kier molecular flexibility index (Phi) is 8.58. The molecule has 0 aliphatic rings. The molecule has 4 heterocycles. The summed E-state index contributed by atoms with van der Waals surface area (Å²) >= 11 is 6.55. The summed E-state index contributed by atoms with van der Waals surface area (Å²) in [6.07, 6.45) is 9.67. The Morgan fingerprint density at radius 1 is 1.02 bits per heavy atom. The predicted octanol–water partition coefficient (Wildman–Crippen LogP) is 8.77. The molecule has 0 unspecified atom stereocenters. The highest BCUT2D eigenvalue weighted by Crippen LogP contribution is 2.40. The van der Waals surface area contributed by atoms with Gasteiger partial charge in [-0.15, -0.1) is 0 Å². The van der Waals surface area contributed by atoms with Gasteiger partial charge in [-0.05, 0) is 75.5 Å². The van der Waals surface area contributed by atoms with Crippen molar-refractivity contribution in [3.8, 4) is 11.6 Å². The van der Waals surface area contributed by atoms with Gasteiger partial charge in [0, 0.05) is 41.7 Å². The number of fused-ring (bicyclic) bond motifs is 2. The van der Waals surface area contributed by atoms with Crippen LogP contribution >= 0.6 is 11.6 Å². The van der Waals surface area contributed by atoms with E-state index >= 15 is 0 Å². The van der Waals surface area contributed by atoms with Crippen LogP contribution in [0.15, 0.2) is 53.6 Å². The first kappa shape index (κ1) is 31.6. The highest BCUT2D eigenvalue weighted by atomic mass is 35.5. The largest absolute Gasteiger partial charge is 0.449 e. The number of halogens is 1. The van der Waals surface area contributed by atoms with E-state index in [0.29, 0.717) is 51.1 Å². The third-order valence-corrected chi connectivity index (χ3v) is 12.6. The fourth-order valence-electron chi connectivity index (χ4n) is 4.44. The molecule has 232 valence electrons. The molecule has 0 radical (unpaired) electrons. The minimum Gasteiger partial charge on any atom is -0.449 e. The van der Waals surface area contributed by atoms with Crippen molar-refractivity contribution in [3.63, 3.8) is 0 Å². The van der Waals surface area contributed by atoms with E-state index in [2.05, 4.69) is 59.2 Å². The van der Waals surface area contributed by atoms with Gasteiger partial charge in [-0.1, -0.05) is 32.4 Å². The van der Waals surface area contributed by atoms with E-state index < -0.39 is 20.0 Å². The van der Waals surface area contributed by atoms with Gasteiger partial charge in [-0.2, -0.15) is 9.78 Å². The zero-order valence-corrected chi connectivity index (χ0v) is 28.2. The number of hydrogen-bond donors (Lipinski definition) is 1. The van der Waals surface area contributed by atoms with Crippen molar-refractivity contribution in [3.05, 3.63) is 59.8 Å². The maximum Gasteiger partial charge on any atom is 0.435 e. The van der Waals surface area contributed by atoms with Crippen molar-refractivity contribution < 1.29 is 18.4 Å². The van der Waals surface area contributed by atoms with Crippen molar-refractivity contribution in [1.82, 2.24) is 24.7 Å². The number of carbonyl (C=O) groups excluding carboxylic acids is 1. The van der Waals surface area contributed by atoms with E-state index in [1.54, 1.807) is 45.4 Å².